The first kappa shape index (κ1) is 15.5. The van der Waals surface area contributed by atoms with Crippen molar-refractivity contribution in [3.8, 4) is 5.88 Å². The van der Waals surface area contributed by atoms with Crippen LogP contribution in [-0.2, 0) is 6.54 Å². The van der Waals surface area contributed by atoms with Gasteiger partial charge >= 0.3 is 0 Å². The number of hydrogen-bond acceptors (Lipinski definition) is 6. The monoisotopic (exact) mass is 309 g/mol. The fraction of sp³-hybridized carbons (Fsp3) is 0.462. The number of nitrogens with zero attached hydrogens (tertiary/aromatic N) is 4. The highest BCUT2D eigenvalue weighted by molar-refractivity contribution is 7.71. The SMILES string of the molecule is C=CCn1c(O)c(C=NN2CCN(C)CC2)c(=O)[nH]c1=S. The molecule has 2 N–H and O–H groups in total. The van der Waals surface area contributed by atoms with Crippen molar-refractivity contribution in [1.82, 2.24) is 19.5 Å². The fourth-order valence-electron chi connectivity index (χ4n) is 2.04. The minimum atomic E-state index is -0.448. The van der Waals surface area contributed by atoms with Gasteiger partial charge in [0.1, 0.15) is 5.56 Å². The average Bonchev–Trinajstić information content (AvgIpc) is 2.45. The zero-order valence-electron chi connectivity index (χ0n) is 11.9. The lowest BCUT2D eigenvalue weighted by Crippen LogP contribution is -2.41. The Bertz CT molecular complexity index is 656. The molecule has 0 spiro atoms. The number of rotatable bonds is 4. The van der Waals surface area contributed by atoms with Gasteiger partial charge in [0.05, 0.1) is 6.21 Å². The molecule has 1 aromatic rings. The van der Waals surface area contributed by atoms with E-state index in [2.05, 4.69) is 28.6 Å². The second-order valence-corrected chi connectivity index (χ2v) is 5.28. The molecule has 7 nitrogen and oxygen atoms in total. The van der Waals surface area contributed by atoms with E-state index in [1.165, 1.54) is 10.8 Å². The minimum absolute atomic E-state index is 0.101. The lowest BCUT2D eigenvalue weighted by atomic mass is 10.3. The molecular weight excluding hydrogens is 290 g/mol. The largest absolute Gasteiger partial charge is 0.494 e. The zero-order valence-corrected chi connectivity index (χ0v) is 12.8. The summed E-state index contributed by atoms with van der Waals surface area (Å²) in [4.78, 5) is 16.6. The number of nitrogens with one attached hydrogen (secondary N) is 1. The van der Waals surface area contributed by atoms with E-state index >= 15 is 0 Å². The van der Waals surface area contributed by atoms with E-state index in [0.717, 1.165) is 26.2 Å². The van der Waals surface area contributed by atoms with Gasteiger partial charge in [-0.05, 0) is 19.3 Å². The molecule has 0 bridgehead atoms. The highest BCUT2D eigenvalue weighted by Crippen LogP contribution is 2.11. The zero-order chi connectivity index (χ0) is 15.4. The first-order valence-electron chi connectivity index (χ1n) is 6.67. The molecule has 0 aliphatic carbocycles. The minimum Gasteiger partial charge on any atom is -0.494 e. The standard InChI is InChI=1S/C13H19N5O2S/c1-3-4-18-12(20)10(11(19)15-13(18)21)9-14-17-7-5-16(2)6-8-17/h3,9,20H,1,4-8H2,2H3,(H,15,19,21). The van der Waals surface area contributed by atoms with E-state index in [1.54, 1.807) is 6.08 Å². The van der Waals surface area contributed by atoms with Crippen LogP contribution in [0.3, 0.4) is 0 Å². The van der Waals surface area contributed by atoms with Crippen molar-refractivity contribution in [3.05, 3.63) is 33.3 Å². The molecule has 21 heavy (non-hydrogen) atoms. The Hall–Kier alpha value is -1.93. The van der Waals surface area contributed by atoms with Gasteiger partial charge in [-0.1, -0.05) is 6.08 Å². The number of H-pyrrole nitrogens is 1. The first-order valence-corrected chi connectivity index (χ1v) is 7.08. The van der Waals surface area contributed by atoms with Gasteiger partial charge in [0.25, 0.3) is 5.56 Å². The molecule has 1 aliphatic rings. The summed E-state index contributed by atoms with van der Waals surface area (Å²) < 4.78 is 1.56. The molecular formula is C13H19N5O2S. The van der Waals surface area contributed by atoms with Crippen LogP contribution < -0.4 is 5.56 Å². The fourth-order valence-corrected chi connectivity index (χ4v) is 2.29. The van der Waals surface area contributed by atoms with Crippen molar-refractivity contribution in [2.45, 2.75) is 6.54 Å². The van der Waals surface area contributed by atoms with Gasteiger partial charge in [0.2, 0.25) is 5.88 Å². The smallest absolute Gasteiger partial charge is 0.264 e. The summed E-state index contributed by atoms with van der Waals surface area (Å²) >= 11 is 5.01. The number of hydrogen-bond donors (Lipinski definition) is 2. The second-order valence-electron chi connectivity index (χ2n) is 4.90. The van der Waals surface area contributed by atoms with Crippen LogP contribution in [0.5, 0.6) is 5.88 Å². The van der Waals surface area contributed by atoms with Gasteiger partial charge in [-0.15, -0.1) is 6.58 Å². The van der Waals surface area contributed by atoms with E-state index in [9.17, 15) is 9.90 Å². The molecule has 2 heterocycles. The molecule has 1 saturated heterocycles. The Morgan fingerprint density at radius 3 is 2.71 bits per heavy atom. The predicted octanol–water partition coefficient (Wildman–Crippen LogP) is 0.379. The molecule has 0 atom stereocenters. The number of allylic oxidation sites excluding steroid dienone is 1. The summed E-state index contributed by atoms with van der Waals surface area (Å²) in [6.45, 7) is 7.33. The summed E-state index contributed by atoms with van der Waals surface area (Å²) in [6, 6.07) is 0. The normalized spacial score (nSPS) is 16.5. The molecule has 114 valence electrons. The van der Waals surface area contributed by atoms with Crippen LogP contribution >= 0.6 is 12.2 Å². The maximum Gasteiger partial charge on any atom is 0.264 e. The van der Waals surface area contributed by atoms with Crippen LogP contribution in [0.2, 0.25) is 0 Å². The van der Waals surface area contributed by atoms with Crippen LogP contribution in [0.15, 0.2) is 22.6 Å². The van der Waals surface area contributed by atoms with Gasteiger partial charge in [0.15, 0.2) is 4.77 Å². The van der Waals surface area contributed by atoms with Gasteiger partial charge in [-0.3, -0.25) is 19.4 Å². The van der Waals surface area contributed by atoms with Crippen LogP contribution in [0.4, 0.5) is 0 Å². The Morgan fingerprint density at radius 1 is 1.43 bits per heavy atom. The molecule has 0 amide bonds. The first-order chi connectivity index (χ1) is 10.0. The van der Waals surface area contributed by atoms with E-state index in [-0.39, 0.29) is 16.2 Å². The Kier molecular flexibility index (Phi) is 4.92. The quantitative estimate of drug-likeness (QED) is 0.478. The number of aromatic hydroxyl groups is 1. The topological polar surface area (TPSA) is 76.9 Å². The lowest BCUT2D eigenvalue weighted by Gasteiger charge is -2.30. The highest BCUT2D eigenvalue weighted by Gasteiger charge is 2.13. The van der Waals surface area contributed by atoms with Crippen molar-refractivity contribution in [3.63, 3.8) is 0 Å². The van der Waals surface area contributed by atoms with Crippen LogP contribution in [-0.4, -0.2) is 64.0 Å². The van der Waals surface area contributed by atoms with Crippen LogP contribution in [0.25, 0.3) is 0 Å². The van der Waals surface area contributed by atoms with Crippen molar-refractivity contribution < 1.29 is 5.11 Å². The third-order valence-electron chi connectivity index (χ3n) is 3.35. The Morgan fingerprint density at radius 2 is 2.10 bits per heavy atom. The van der Waals surface area contributed by atoms with Crippen molar-refractivity contribution >= 4 is 18.4 Å². The molecule has 8 heteroatoms. The van der Waals surface area contributed by atoms with Crippen molar-refractivity contribution in [1.29, 1.82) is 0 Å². The maximum atomic E-state index is 11.9. The van der Waals surface area contributed by atoms with E-state index in [4.69, 9.17) is 12.2 Å². The second kappa shape index (κ2) is 6.68. The third-order valence-corrected chi connectivity index (χ3v) is 3.67. The van der Waals surface area contributed by atoms with Gasteiger partial charge in [0, 0.05) is 32.7 Å². The molecule has 0 unspecified atom stereocenters. The number of aromatic amines is 1. The van der Waals surface area contributed by atoms with Gasteiger partial charge < -0.3 is 10.0 Å². The van der Waals surface area contributed by atoms with Gasteiger partial charge in [-0.2, -0.15) is 5.10 Å². The third kappa shape index (κ3) is 3.59. The molecule has 0 radical (unpaired) electrons. The van der Waals surface area contributed by atoms with Crippen molar-refractivity contribution in [2.75, 3.05) is 33.2 Å². The summed E-state index contributed by atoms with van der Waals surface area (Å²) in [5.74, 6) is -0.193. The molecule has 1 aliphatic heterocycles. The molecule has 0 aromatic carbocycles. The van der Waals surface area contributed by atoms with Crippen LogP contribution in [0, 0.1) is 4.77 Å². The Labute approximate surface area is 127 Å². The van der Waals surface area contributed by atoms with Crippen LogP contribution in [0.1, 0.15) is 5.56 Å². The molecule has 0 saturated carbocycles. The van der Waals surface area contributed by atoms with E-state index in [1.807, 2.05) is 5.01 Å². The average molecular weight is 309 g/mol. The summed E-state index contributed by atoms with van der Waals surface area (Å²) in [5, 5.41) is 16.3. The number of likely N-dealkylation sites (N-methyl/N-ethyl adjacent to an activating group) is 1. The van der Waals surface area contributed by atoms with E-state index < -0.39 is 5.56 Å². The molecule has 1 fully saturated rings. The molecule has 2 rings (SSSR count). The van der Waals surface area contributed by atoms with E-state index in [0.29, 0.717) is 6.54 Å². The molecule has 1 aromatic heterocycles. The maximum absolute atomic E-state index is 11.9. The lowest BCUT2D eigenvalue weighted by molar-refractivity contribution is 0.159. The summed E-state index contributed by atoms with van der Waals surface area (Å²) in [5.41, 5.74) is -0.347. The van der Waals surface area contributed by atoms with Gasteiger partial charge in [-0.25, -0.2) is 0 Å². The van der Waals surface area contributed by atoms with Crippen molar-refractivity contribution in [2.24, 2.45) is 5.10 Å². The number of hydrazone groups is 1. The summed E-state index contributed by atoms with van der Waals surface area (Å²) in [6.07, 6.45) is 2.98. The number of piperazine rings is 1. The number of aromatic nitrogens is 2. The summed E-state index contributed by atoms with van der Waals surface area (Å²) in [7, 11) is 2.05. The highest BCUT2D eigenvalue weighted by atomic mass is 32.1. The Balaban J connectivity index is 2.27. The predicted molar refractivity (Wildman–Crippen MR) is 84.4 cm³/mol.